The van der Waals surface area contributed by atoms with Gasteiger partial charge in [-0.05, 0) is 37.5 Å². The Kier molecular flexibility index (Phi) is 6.91. The zero-order valence-electron chi connectivity index (χ0n) is 12.3. The zero-order chi connectivity index (χ0) is 15.2. The zero-order valence-corrected chi connectivity index (χ0v) is 13.2. The van der Waals surface area contributed by atoms with E-state index in [1.807, 2.05) is 6.92 Å². The fourth-order valence-electron chi connectivity index (χ4n) is 2.27. The summed E-state index contributed by atoms with van der Waals surface area (Å²) in [5.74, 6) is -0.00691. The van der Waals surface area contributed by atoms with E-state index in [0.717, 1.165) is 12.8 Å². The average molecular weight is 306 g/mol. The van der Waals surface area contributed by atoms with Crippen LogP contribution in [0.2, 0.25) is 0 Å². The monoisotopic (exact) mass is 306 g/mol. The fraction of sp³-hybridized carbons (Fsp3) is 0.923. The van der Waals surface area contributed by atoms with Crippen molar-refractivity contribution in [3.8, 4) is 0 Å². The van der Waals surface area contributed by atoms with E-state index in [4.69, 9.17) is 5.11 Å². The van der Waals surface area contributed by atoms with E-state index in [1.54, 1.807) is 0 Å². The Morgan fingerprint density at radius 2 is 1.95 bits per heavy atom. The summed E-state index contributed by atoms with van der Waals surface area (Å²) < 4.78 is 28.2. The third-order valence-electron chi connectivity index (χ3n) is 3.86. The van der Waals surface area contributed by atoms with Gasteiger partial charge in [-0.25, -0.2) is 4.72 Å². The summed E-state index contributed by atoms with van der Waals surface area (Å²) in [6.45, 7) is 5.63. The molecule has 0 radical (unpaired) electrons. The van der Waals surface area contributed by atoms with Crippen LogP contribution in [0.5, 0.6) is 0 Å². The van der Waals surface area contributed by atoms with E-state index >= 15 is 0 Å². The number of nitrogens with zero attached hydrogens (tertiary/aromatic N) is 1. The molecule has 1 fully saturated rings. The van der Waals surface area contributed by atoms with Crippen molar-refractivity contribution in [2.75, 3.05) is 19.6 Å². The number of aliphatic carboxylic acids is 1. The molecule has 0 saturated carbocycles. The Hall–Kier alpha value is -0.660. The van der Waals surface area contributed by atoms with Gasteiger partial charge in [0, 0.05) is 26.1 Å². The first-order valence-electron chi connectivity index (χ1n) is 7.28. The highest BCUT2D eigenvalue weighted by molar-refractivity contribution is 7.87. The minimum absolute atomic E-state index is 0.137. The van der Waals surface area contributed by atoms with Crippen molar-refractivity contribution in [2.24, 2.45) is 11.8 Å². The highest BCUT2D eigenvalue weighted by Crippen LogP contribution is 2.18. The van der Waals surface area contributed by atoms with Crippen LogP contribution in [0.3, 0.4) is 0 Å². The fourth-order valence-corrected chi connectivity index (χ4v) is 3.51. The van der Waals surface area contributed by atoms with E-state index in [1.165, 1.54) is 4.31 Å². The minimum atomic E-state index is -3.37. The van der Waals surface area contributed by atoms with Gasteiger partial charge < -0.3 is 5.11 Å². The van der Waals surface area contributed by atoms with Gasteiger partial charge in [-0.15, -0.1) is 0 Å². The van der Waals surface area contributed by atoms with Crippen molar-refractivity contribution >= 4 is 16.2 Å². The summed E-state index contributed by atoms with van der Waals surface area (Å²) in [6, 6.07) is 0. The molecule has 1 rings (SSSR count). The molecular weight excluding hydrogens is 280 g/mol. The van der Waals surface area contributed by atoms with Crippen molar-refractivity contribution in [2.45, 2.75) is 46.0 Å². The Labute approximate surface area is 121 Å². The maximum atomic E-state index is 12.1. The second-order valence-electron chi connectivity index (χ2n) is 5.81. The molecule has 20 heavy (non-hydrogen) atoms. The highest BCUT2D eigenvalue weighted by atomic mass is 32.2. The van der Waals surface area contributed by atoms with Gasteiger partial charge in [0.1, 0.15) is 0 Å². The largest absolute Gasteiger partial charge is 0.481 e. The van der Waals surface area contributed by atoms with Crippen LogP contribution in [0.15, 0.2) is 0 Å². The van der Waals surface area contributed by atoms with E-state index < -0.39 is 16.2 Å². The third-order valence-corrected chi connectivity index (χ3v) is 5.47. The van der Waals surface area contributed by atoms with Crippen molar-refractivity contribution in [3.05, 3.63) is 0 Å². The van der Waals surface area contributed by atoms with Gasteiger partial charge in [0.05, 0.1) is 0 Å². The van der Waals surface area contributed by atoms with Crippen LogP contribution in [0.1, 0.15) is 46.0 Å². The van der Waals surface area contributed by atoms with Gasteiger partial charge >= 0.3 is 5.97 Å². The van der Waals surface area contributed by atoms with Crippen LogP contribution >= 0.6 is 0 Å². The minimum Gasteiger partial charge on any atom is -0.481 e. The average Bonchev–Trinajstić information content (AvgIpc) is 2.36. The summed E-state index contributed by atoms with van der Waals surface area (Å²) in [5, 5.41) is 8.59. The lowest BCUT2D eigenvalue weighted by atomic mass is 10.0. The Morgan fingerprint density at radius 3 is 2.50 bits per heavy atom. The van der Waals surface area contributed by atoms with Gasteiger partial charge in [0.15, 0.2) is 0 Å². The Morgan fingerprint density at radius 1 is 1.35 bits per heavy atom. The lowest BCUT2D eigenvalue weighted by Crippen LogP contribution is -2.45. The molecule has 0 aromatic rings. The molecule has 7 heteroatoms. The SMILES string of the molecule is CC(CCNS(=O)(=O)N1CCC(C)CC1)CCC(=O)O. The van der Waals surface area contributed by atoms with Crippen LogP contribution in [0, 0.1) is 11.8 Å². The number of carboxylic acid groups (broad SMARTS) is 1. The van der Waals surface area contributed by atoms with Gasteiger partial charge in [-0.3, -0.25) is 4.79 Å². The predicted octanol–water partition coefficient (Wildman–Crippen LogP) is 1.44. The first-order valence-corrected chi connectivity index (χ1v) is 8.72. The molecule has 2 N–H and O–H groups in total. The second-order valence-corrected chi connectivity index (χ2v) is 7.56. The number of carboxylic acids is 1. The quantitative estimate of drug-likeness (QED) is 0.710. The molecule has 0 aliphatic carbocycles. The van der Waals surface area contributed by atoms with Crippen LogP contribution in [-0.2, 0) is 15.0 Å². The van der Waals surface area contributed by atoms with E-state index in [0.29, 0.717) is 38.4 Å². The van der Waals surface area contributed by atoms with Crippen molar-refractivity contribution in [3.63, 3.8) is 0 Å². The highest BCUT2D eigenvalue weighted by Gasteiger charge is 2.25. The van der Waals surface area contributed by atoms with Crippen molar-refractivity contribution in [1.29, 1.82) is 0 Å². The Bertz CT molecular complexity index is 403. The number of piperidine rings is 1. The van der Waals surface area contributed by atoms with Gasteiger partial charge in [0.25, 0.3) is 10.2 Å². The molecular formula is C13H26N2O4S. The summed E-state index contributed by atoms with van der Waals surface area (Å²) in [6.07, 6.45) is 3.21. The standard InChI is InChI=1S/C13H26N2O4S/c1-11(3-4-13(16)17)5-8-14-20(18,19)15-9-6-12(2)7-10-15/h11-12,14H,3-10H2,1-2H3,(H,16,17). The molecule has 1 aliphatic heterocycles. The van der Waals surface area contributed by atoms with Gasteiger partial charge in [0.2, 0.25) is 0 Å². The van der Waals surface area contributed by atoms with Gasteiger partial charge in [-0.1, -0.05) is 13.8 Å². The molecule has 1 aliphatic rings. The lowest BCUT2D eigenvalue weighted by Gasteiger charge is -2.29. The number of rotatable bonds is 8. The Balaban J connectivity index is 2.27. The molecule has 6 nitrogen and oxygen atoms in total. The van der Waals surface area contributed by atoms with Crippen LogP contribution < -0.4 is 4.72 Å². The van der Waals surface area contributed by atoms with Crippen LogP contribution in [-0.4, -0.2) is 43.4 Å². The van der Waals surface area contributed by atoms with E-state index in [-0.39, 0.29) is 12.3 Å². The molecule has 0 bridgehead atoms. The lowest BCUT2D eigenvalue weighted by molar-refractivity contribution is -0.137. The number of hydrogen-bond donors (Lipinski definition) is 2. The number of hydrogen-bond acceptors (Lipinski definition) is 3. The summed E-state index contributed by atoms with van der Waals surface area (Å²) in [5.41, 5.74) is 0. The second kappa shape index (κ2) is 7.95. The van der Waals surface area contributed by atoms with E-state index in [2.05, 4.69) is 11.6 Å². The molecule has 1 saturated heterocycles. The summed E-state index contributed by atoms with van der Waals surface area (Å²) >= 11 is 0. The molecule has 1 atom stereocenters. The summed E-state index contributed by atoms with van der Waals surface area (Å²) in [7, 11) is -3.37. The smallest absolute Gasteiger partial charge is 0.303 e. The third kappa shape index (κ3) is 6.19. The van der Waals surface area contributed by atoms with Crippen molar-refractivity contribution < 1.29 is 18.3 Å². The molecule has 0 aromatic heterocycles. The maximum Gasteiger partial charge on any atom is 0.303 e. The topological polar surface area (TPSA) is 86.7 Å². The van der Waals surface area contributed by atoms with Crippen LogP contribution in [0.4, 0.5) is 0 Å². The van der Waals surface area contributed by atoms with E-state index in [9.17, 15) is 13.2 Å². The van der Waals surface area contributed by atoms with Crippen LogP contribution in [0.25, 0.3) is 0 Å². The number of nitrogens with one attached hydrogen (secondary N) is 1. The predicted molar refractivity (Wildman–Crippen MR) is 77.5 cm³/mol. The molecule has 1 unspecified atom stereocenters. The molecule has 0 aromatic carbocycles. The first kappa shape index (κ1) is 17.4. The van der Waals surface area contributed by atoms with Gasteiger partial charge in [-0.2, -0.15) is 12.7 Å². The normalized spacial score (nSPS) is 19.9. The molecule has 118 valence electrons. The first-order chi connectivity index (χ1) is 9.31. The molecule has 1 heterocycles. The number of carbonyl (C=O) groups is 1. The molecule has 0 spiro atoms. The summed E-state index contributed by atoms with van der Waals surface area (Å²) in [4.78, 5) is 10.5. The molecule has 0 amide bonds. The maximum absolute atomic E-state index is 12.1. The van der Waals surface area contributed by atoms with Crippen molar-refractivity contribution in [1.82, 2.24) is 9.03 Å².